The largest absolute Gasteiger partial charge is 0.240 e. The van der Waals surface area contributed by atoms with E-state index >= 15 is 0 Å². The van der Waals surface area contributed by atoms with Crippen LogP contribution in [0.2, 0.25) is 0 Å². The summed E-state index contributed by atoms with van der Waals surface area (Å²) in [6.07, 6.45) is 2.12. The normalized spacial score (nSPS) is 22.6. The molecular formula is C28H31F2N3O2S. The van der Waals surface area contributed by atoms with Gasteiger partial charge in [-0.05, 0) is 71.9 Å². The zero-order valence-corrected chi connectivity index (χ0v) is 22.1. The Morgan fingerprint density at radius 2 is 1.69 bits per heavy atom. The molecule has 2 aromatic heterocycles. The van der Waals surface area contributed by atoms with E-state index in [4.69, 9.17) is 4.98 Å². The van der Waals surface area contributed by atoms with Crippen molar-refractivity contribution in [3.05, 3.63) is 71.1 Å². The highest BCUT2D eigenvalue weighted by atomic mass is 32.2. The molecule has 0 spiro atoms. The molecule has 190 valence electrons. The number of nitrogens with zero attached hydrogens (tertiary/aromatic N) is 3. The van der Waals surface area contributed by atoms with Crippen LogP contribution in [0, 0.1) is 22.5 Å². The molecule has 2 aliphatic rings. The maximum absolute atomic E-state index is 14.5. The number of fused-ring (bicyclic) bond motifs is 5. The van der Waals surface area contributed by atoms with Gasteiger partial charge in [-0.3, -0.25) is 0 Å². The highest BCUT2D eigenvalue weighted by Crippen LogP contribution is 2.69. The van der Waals surface area contributed by atoms with Gasteiger partial charge in [-0.25, -0.2) is 22.2 Å². The Kier molecular flexibility index (Phi) is 5.63. The molecule has 1 aromatic carbocycles. The lowest BCUT2D eigenvalue weighted by atomic mass is 9.66. The number of pyridine rings is 1. The summed E-state index contributed by atoms with van der Waals surface area (Å²) >= 11 is 0. The van der Waals surface area contributed by atoms with Gasteiger partial charge in [0.2, 0.25) is 0 Å². The molecule has 0 saturated heterocycles. The van der Waals surface area contributed by atoms with Crippen molar-refractivity contribution in [2.24, 2.45) is 10.8 Å². The molecule has 36 heavy (non-hydrogen) atoms. The van der Waals surface area contributed by atoms with Gasteiger partial charge in [-0.15, -0.1) is 5.10 Å². The van der Waals surface area contributed by atoms with Gasteiger partial charge in [0.05, 0.1) is 33.8 Å². The summed E-state index contributed by atoms with van der Waals surface area (Å²) < 4.78 is 55.3. The Morgan fingerprint density at radius 1 is 1.03 bits per heavy atom. The van der Waals surface area contributed by atoms with Gasteiger partial charge in [0, 0.05) is 0 Å². The summed E-state index contributed by atoms with van der Waals surface area (Å²) in [6, 6.07) is 10.7. The molecular weight excluding hydrogens is 480 g/mol. The Labute approximate surface area is 211 Å². The minimum atomic E-state index is -3.56. The average Bonchev–Trinajstić information content (AvgIpc) is 3.18. The predicted molar refractivity (Wildman–Crippen MR) is 134 cm³/mol. The first-order valence-corrected chi connectivity index (χ1v) is 14.0. The van der Waals surface area contributed by atoms with Crippen LogP contribution in [0.4, 0.5) is 8.78 Å². The molecule has 1 fully saturated rings. The molecule has 8 heteroatoms. The molecule has 2 heterocycles. The molecule has 0 amide bonds. The van der Waals surface area contributed by atoms with Crippen LogP contribution in [0.1, 0.15) is 76.8 Å². The number of halogens is 2. The van der Waals surface area contributed by atoms with E-state index in [9.17, 15) is 17.2 Å². The molecule has 2 aliphatic carbocycles. The van der Waals surface area contributed by atoms with Crippen molar-refractivity contribution in [2.45, 2.75) is 70.2 Å². The van der Waals surface area contributed by atoms with Crippen molar-refractivity contribution >= 4 is 9.84 Å². The van der Waals surface area contributed by atoms with Crippen LogP contribution < -0.4 is 0 Å². The number of sulfone groups is 1. The summed E-state index contributed by atoms with van der Waals surface area (Å²) in [5.74, 6) is -1.26. The molecule has 0 aliphatic heterocycles. The Morgan fingerprint density at radius 3 is 2.36 bits per heavy atom. The topological polar surface area (TPSA) is 72.8 Å². The van der Waals surface area contributed by atoms with E-state index in [-0.39, 0.29) is 38.8 Å². The van der Waals surface area contributed by atoms with Crippen LogP contribution in [-0.4, -0.2) is 29.4 Å². The minimum absolute atomic E-state index is 0.0277. The number of benzene rings is 1. The minimum Gasteiger partial charge on any atom is -0.240 e. The Hall–Kier alpha value is -2.74. The second-order valence-corrected chi connectivity index (χ2v) is 13.9. The van der Waals surface area contributed by atoms with Crippen LogP contribution in [0.3, 0.4) is 0 Å². The Bertz CT molecular complexity index is 1440. The van der Waals surface area contributed by atoms with Crippen LogP contribution in [0.25, 0.3) is 11.3 Å². The van der Waals surface area contributed by atoms with Gasteiger partial charge < -0.3 is 0 Å². The standard InChI is InChI=1S/C28H31F2N3O2S/c1-26(2,3)14-15-36(34,35)23-11-7-10-22(31-23)28-13-12-18(27(28,4)5)17-16-21(32-33-25(17)28)24-19(29)8-6-9-20(24)30/h6-11,16,18H,12-15H2,1-5H3/t18-,28-/m0/s1. The van der Waals surface area contributed by atoms with Gasteiger partial charge in [0.15, 0.2) is 14.9 Å². The van der Waals surface area contributed by atoms with Crippen LogP contribution >= 0.6 is 0 Å². The van der Waals surface area contributed by atoms with E-state index < -0.39 is 26.9 Å². The fourth-order valence-electron chi connectivity index (χ4n) is 6.13. The average molecular weight is 512 g/mol. The third-order valence-electron chi connectivity index (χ3n) is 8.20. The second kappa shape index (κ2) is 8.13. The first kappa shape index (κ1) is 24.9. The fraction of sp³-hybridized carbons (Fsp3) is 0.464. The van der Waals surface area contributed by atoms with Crippen molar-refractivity contribution < 1.29 is 17.2 Å². The SMILES string of the molecule is CC(C)(C)CCS(=O)(=O)c1cccc([C@@]23CC[C@@H](c4cc(-c5c(F)cccc5F)nnc42)C3(C)C)n1. The van der Waals surface area contributed by atoms with Crippen molar-refractivity contribution in [1.82, 2.24) is 15.2 Å². The smallest absolute Gasteiger partial charge is 0.195 e. The fourth-order valence-corrected chi connectivity index (χ4v) is 7.74. The highest BCUT2D eigenvalue weighted by Gasteiger charge is 2.65. The van der Waals surface area contributed by atoms with Crippen LogP contribution in [0.5, 0.6) is 0 Å². The summed E-state index contributed by atoms with van der Waals surface area (Å²) in [4.78, 5) is 4.72. The zero-order valence-electron chi connectivity index (χ0n) is 21.3. The molecule has 2 bridgehead atoms. The summed E-state index contributed by atoms with van der Waals surface area (Å²) in [5.41, 5.74) is 1.17. The number of hydrogen-bond acceptors (Lipinski definition) is 5. The monoisotopic (exact) mass is 511 g/mol. The van der Waals surface area contributed by atoms with Gasteiger partial charge in [-0.1, -0.05) is 46.8 Å². The van der Waals surface area contributed by atoms with Gasteiger partial charge in [-0.2, -0.15) is 5.10 Å². The summed E-state index contributed by atoms with van der Waals surface area (Å²) in [5, 5.41) is 8.85. The highest BCUT2D eigenvalue weighted by molar-refractivity contribution is 7.91. The summed E-state index contributed by atoms with van der Waals surface area (Å²) in [6.45, 7) is 10.3. The zero-order chi connectivity index (χ0) is 26.1. The number of rotatable bonds is 5. The van der Waals surface area contributed by atoms with E-state index in [1.165, 1.54) is 18.2 Å². The van der Waals surface area contributed by atoms with E-state index in [0.29, 0.717) is 12.1 Å². The second-order valence-electron chi connectivity index (χ2n) is 11.8. The summed E-state index contributed by atoms with van der Waals surface area (Å²) in [7, 11) is -3.56. The van der Waals surface area contributed by atoms with E-state index in [0.717, 1.165) is 24.1 Å². The molecule has 0 radical (unpaired) electrons. The molecule has 5 rings (SSSR count). The maximum atomic E-state index is 14.5. The number of hydrogen-bond donors (Lipinski definition) is 0. The lowest BCUT2D eigenvalue weighted by Gasteiger charge is -2.37. The maximum Gasteiger partial charge on any atom is 0.195 e. The van der Waals surface area contributed by atoms with Crippen LogP contribution in [-0.2, 0) is 15.3 Å². The van der Waals surface area contributed by atoms with Gasteiger partial charge in [0.1, 0.15) is 11.6 Å². The van der Waals surface area contributed by atoms with E-state index in [1.54, 1.807) is 18.2 Å². The molecule has 2 atom stereocenters. The van der Waals surface area contributed by atoms with Gasteiger partial charge >= 0.3 is 0 Å². The predicted octanol–water partition coefficient (Wildman–Crippen LogP) is 6.23. The molecule has 5 nitrogen and oxygen atoms in total. The first-order valence-electron chi connectivity index (χ1n) is 12.3. The first-order chi connectivity index (χ1) is 16.8. The lowest BCUT2D eigenvalue weighted by Crippen LogP contribution is -2.38. The molecule has 0 unspecified atom stereocenters. The third kappa shape index (κ3) is 3.67. The van der Waals surface area contributed by atoms with Gasteiger partial charge in [0.25, 0.3) is 0 Å². The van der Waals surface area contributed by atoms with E-state index in [1.807, 2.05) is 26.8 Å². The third-order valence-corrected chi connectivity index (χ3v) is 9.81. The van der Waals surface area contributed by atoms with Crippen molar-refractivity contribution in [3.8, 4) is 11.3 Å². The molecule has 1 saturated carbocycles. The molecule has 0 N–H and O–H groups in total. The van der Waals surface area contributed by atoms with Crippen molar-refractivity contribution in [3.63, 3.8) is 0 Å². The van der Waals surface area contributed by atoms with Crippen molar-refractivity contribution in [1.29, 1.82) is 0 Å². The van der Waals surface area contributed by atoms with E-state index in [2.05, 4.69) is 24.0 Å². The van der Waals surface area contributed by atoms with Crippen molar-refractivity contribution in [2.75, 3.05) is 5.75 Å². The lowest BCUT2D eigenvalue weighted by molar-refractivity contribution is 0.242. The quantitative estimate of drug-likeness (QED) is 0.406. The van der Waals surface area contributed by atoms with Crippen LogP contribution in [0.15, 0.2) is 47.5 Å². The molecule has 3 aromatic rings. The Balaban J connectivity index is 1.62. The number of aromatic nitrogens is 3.